The van der Waals surface area contributed by atoms with E-state index in [1.807, 2.05) is 0 Å². The van der Waals surface area contributed by atoms with Crippen molar-refractivity contribution in [2.75, 3.05) is 13.1 Å². The quantitative estimate of drug-likeness (QED) is 0.566. The Morgan fingerprint density at radius 2 is 2.09 bits per heavy atom. The molecular formula is C21H18BrFN6O3. The van der Waals surface area contributed by atoms with E-state index in [0.717, 1.165) is 32.0 Å². The van der Waals surface area contributed by atoms with E-state index >= 15 is 0 Å². The number of nitriles is 1. The minimum atomic E-state index is -0.716. The standard InChI is InChI=1S/C21H18BrFN6O3/c1-29-18-14(9-15(22)19(29)30)17(11-2-3-12(10-24)16(23)8-11)27-20(28-18)32-21(31)26-13-4-6-25-7-5-13/h2-3,8-9,13,25H,4-7H2,1H3,(H,26,31). The van der Waals surface area contributed by atoms with Crippen LogP contribution in [0.15, 0.2) is 33.5 Å². The minimum absolute atomic E-state index is 0.0309. The van der Waals surface area contributed by atoms with Gasteiger partial charge in [0, 0.05) is 24.0 Å². The lowest BCUT2D eigenvalue weighted by Gasteiger charge is -2.23. The van der Waals surface area contributed by atoms with Crippen molar-refractivity contribution in [2.45, 2.75) is 18.9 Å². The van der Waals surface area contributed by atoms with E-state index in [-0.39, 0.29) is 39.0 Å². The Labute approximate surface area is 190 Å². The molecule has 32 heavy (non-hydrogen) atoms. The molecule has 1 saturated heterocycles. The topological polar surface area (TPSA) is 122 Å². The number of hydrogen-bond donors (Lipinski definition) is 2. The molecule has 3 aromatic rings. The first-order valence-corrected chi connectivity index (χ1v) is 10.6. The van der Waals surface area contributed by atoms with Crippen LogP contribution < -0.4 is 20.9 Å². The first-order chi connectivity index (χ1) is 15.4. The van der Waals surface area contributed by atoms with Gasteiger partial charge in [0.2, 0.25) is 0 Å². The Hall–Kier alpha value is -3.36. The molecule has 11 heteroatoms. The molecule has 1 amide bonds. The van der Waals surface area contributed by atoms with Crippen molar-refractivity contribution in [3.05, 3.63) is 50.5 Å². The van der Waals surface area contributed by atoms with Crippen LogP contribution in [0.3, 0.4) is 0 Å². The van der Waals surface area contributed by atoms with Gasteiger partial charge in [-0.25, -0.2) is 9.18 Å². The number of halogens is 2. The lowest BCUT2D eigenvalue weighted by Crippen LogP contribution is -2.43. The van der Waals surface area contributed by atoms with Gasteiger partial charge >= 0.3 is 12.1 Å². The van der Waals surface area contributed by atoms with Gasteiger partial charge in [0.1, 0.15) is 11.9 Å². The lowest BCUT2D eigenvalue weighted by atomic mass is 10.1. The maximum atomic E-state index is 14.3. The van der Waals surface area contributed by atoms with Gasteiger partial charge in [0.25, 0.3) is 5.56 Å². The number of amides is 1. The number of aryl methyl sites for hydroxylation is 1. The van der Waals surface area contributed by atoms with Crippen LogP contribution >= 0.6 is 15.9 Å². The number of nitrogens with one attached hydrogen (secondary N) is 2. The molecule has 1 fully saturated rings. The van der Waals surface area contributed by atoms with E-state index in [4.69, 9.17) is 10.00 Å². The van der Waals surface area contributed by atoms with Crippen LogP contribution in [0.25, 0.3) is 22.3 Å². The molecule has 0 saturated carbocycles. The van der Waals surface area contributed by atoms with Gasteiger partial charge in [-0.1, -0.05) is 6.07 Å². The number of ether oxygens (including phenoxy) is 1. The molecule has 4 rings (SSSR count). The number of hydrogen-bond acceptors (Lipinski definition) is 7. The Morgan fingerprint density at radius 1 is 1.34 bits per heavy atom. The molecule has 1 aliphatic rings. The molecule has 0 unspecified atom stereocenters. The van der Waals surface area contributed by atoms with Gasteiger partial charge in [0.05, 0.1) is 15.7 Å². The highest BCUT2D eigenvalue weighted by Crippen LogP contribution is 2.30. The van der Waals surface area contributed by atoms with E-state index in [9.17, 15) is 14.0 Å². The smallest absolute Gasteiger partial charge is 0.374 e. The van der Waals surface area contributed by atoms with Crippen molar-refractivity contribution in [2.24, 2.45) is 7.05 Å². The maximum absolute atomic E-state index is 14.3. The summed E-state index contributed by atoms with van der Waals surface area (Å²) in [4.78, 5) is 33.4. The van der Waals surface area contributed by atoms with Gasteiger partial charge in [-0.05, 0) is 60.1 Å². The highest BCUT2D eigenvalue weighted by atomic mass is 79.9. The van der Waals surface area contributed by atoms with E-state index in [1.165, 1.54) is 29.8 Å². The first-order valence-electron chi connectivity index (χ1n) is 9.83. The van der Waals surface area contributed by atoms with Crippen LogP contribution in [0, 0.1) is 17.1 Å². The maximum Gasteiger partial charge on any atom is 0.415 e. The molecule has 0 radical (unpaired) electrons. The van der Waals surface area contributed by atoms with E-state index < -0.39 is 11.9 Å². The number of piperidine rings is 1. The molecule has 3 heterocycles. The molecular weight excluding hydrogens is 483 g/mol. The fourth-order valence-electron chi connectivity index (χ4n) is 3.54. The van der Waals surface area contributed by atoms with Crippen LogP contribution in [0.1, 0.15) is 18.4 Å². The van der Waals surface area contributed by atoms with Gasteiger partial charge in [-0.3, -0.25) is 9.36 Å². The van der Waals surface area contributed by atoms with Crippen molar-refractivity contribution in [3.63, 3.8) is 0 Å². The number of rotatable bonds is 3. The largest absolute Gasteiger partial charge is 0.415 e. The molecule has 0 spiro atoms. The summed E-state index contributed by atoms with van der Waals surface area (Å²) in [5, 5.41) is 15.4. The summed E-state index contributed by atoms with van der Waals surface area (Å²) in [6.45, 7) is 1.59. The van der Waals surface area contributed by atoms with Crippen molar-refractivity contribution in [3.8, 4) is 23.3 Å². The summed E-state index contributed by atoms with van der Waals surface area (Å²) in [5.74, 6) is -0.716. The van der Waals surface area contributed by atoms with E-state index in [0.29, 0.717) is 10.9 Å². The van der Waals surface area contributed by atoms with Gasteiger partial charge in [-0.2, -0.15) is 15.2 Å². The Morgan fingerprint density at radius 3 is 2.78 bits per heavy atom. The zero-order valence-corrected chi connectivity index (χ0v) is 18.6. The second-order valence-electron chi connectivity index (χ2n) is 7.31. The highest BCUT2D eigenvalue weighted by Gasteiger charge is 2.20. The van der Waals surface area contributed by atoms with Crippen LogP contribution in [0.4, 0.5) is 9.18 Å². The molecule has 0 atom stereocenters. The predicted octanol–water partition coefficient (Wildman–Crippen LogP) is 2.61. The Balaban J connectivity index is 1.79. The third-order valence-electron chi connectivity index (χ3n) is 5.21. The van der Waals surface area contributed by atoms with Crippen molar-refractivity contribution in [1.82, 2.24) is 25.2 Å². The normalized spacial score (nSPS) is 14.2. The summed E-state index contributed by atoms with van der Waals surface area (Å²) in [5.41, 5.74) is 0.330. The Bertz CT molecular complexity index is 1310. The fourth-order valence-corrected chi connectivity index (χ4v) is 4.03. The van der Waals surface area contributed by atoms with Crippen molar-refractivity contribution >= 4 is 33.1 Å². The van der Waals surface area contributed by atoms with Crippen LogP contribution in [-0.4, -0.2) is 39.8 Å². The number of nitrogens with zero attached hydrogens (tertiary/aromatic N) is 4. The Kier molecular flexibility index (Phi) is 6.16. The number of pyridine rings is 1. The van der Waals surface area contributed by atoms with Crippen LogP contribution in [-0.2, 0) is 7.05 Å². The fraction of sp³-hybridized carbons (Fsp3) is 0.286. The first kappa shape index (κ1) is 21.9. The summed E-state index contributed by atoms with van der Waals surface area (Å²) in [6.07, 6.45) is 0.827. The van der Waals surface area contributed by atoms with Crippen molar-refractivity contribution in [1.29, 1.82) is 5.26 Å². The summed E-state index contributed by atoms with van der Waals surface area (Å²) >= 11 is 3.22. The van der Waals surface area contributed by atoms with Gasteiger partial charge in [-0.15, -0.1) is 0 Å². The average molecular weight is 501 g/mol. The molecule has 1 aliphatic heterocycles. The number of carbonyl (C=O) groups excluding carboxylic acids is 1. The zero-order chi connectivity index (χ0) is 22.8. The van der Waals surface area contributed by atoms with Crippen LogP contribution in [0.5, 0.6) is 6.01 Å². The number of fused-ring (bicyclic) bond motifs is 1. The summed E-state index contributed by atoms with van der Waals surface area (Å²) in [7, 11) is 1.52. The number of benzene rings is 1. The molecule has 2 N–H and O–H groups in total. The third kappa shape index (κ3) is 4.32. The summed E-state index contributed by atoms with van der Waals surface area (Å²) < 4.78 is 21.2. The monoisotopic (exact) mass is 500 g/mol. The predicted molar refractivity (Wildman–Crippen MR) is 118 cm³/mol. The van der Waals surface area contributed by atoms with Gasteiger partial charge in [0.15, 0.2) is 5.65 Å². The number of carbonyl (C=O) groups is 1. The van der Waals surface area contributed by atoms with Crippen LogP contribution in [0.2, 0.25) is 0 Å². The summed E-state index contributed by atoms with van der Waals surface area (Å²) in [6, 6.07) is 7.02. The van der Waals surface area contributed by atoms with Crippen molar-refractivity contribution < 1.29 is 13.9 Å². The molecule has 164 valence electrons. The zero-order valence-electron chi connectivity index (χ0n) is 17.0. The second-order valence-corrected chi connectivity index (χ2v) is 8.17. The SMILES string of the molecule is Cn1c(=O)c(Br)cc2c(-c3ccc(C#N)c(F)c3)nc(OC(=O)NC3CCNCC3)nc21. The van der Waals surface area contributed by atoms with Gasteiger partial charge < -0.3 is 15.4 Å². The minimum Gasteiger partial charge on any atom is -0.374 e. The number of aromatic nitrogens is 3. The lowest BCUT2D eigenvalue weighted by molar-refractivity contribution is 0.189. The van der Waals surface area contributed by atoms with E-state index in [1.54, 1.807) is 6.07 Å². The third-order valence-corrected chi connectivity index (χ3v) is 5.78. The molecule has 0 aliphatic carbocycles. The molecule has 9 nitrogen and oxygen atoms in total. The highest BCUT2D eigenvalue weighted by molar-refractivity contribution is 9.10. The molecule has 2 aromatic heterocycles. The van der Waals surface area contributed by atoms with E-state index in [2.05, 4.69) is 36.5 Å². The average Bonchev–Trinajstić information content (AvgIpc) is 2.78. The molecule has 1 aromatic carbocycles. The molecule has 0 bridgehead atoms. The second kappa shape index (κ2) is 9.02.